The summed E-state index contributed by atoms with van der Waals surface area (Å²) in [6, 6.07) is 27.4. The van der Waals surface area contributed by atoms with E-state index in [2.05, 4.69) is 17.4 Å². The molecule has 2 amide bonds. The Hall–Kier alpha value is -3.60. The first-order chi connectivity index (χ1) is 17.1. The van der Waals surface area contributed by atoms with E-state index in [-0.39, 0.29) is 17.6 Å². The van der Waals surface area contributed by atoms with E-state index in [1.54, 1.807) is 12.1 Å². The van der Waals surface area contributed by atoms with Crippen molar-refractivity contribution >= 4 is 11.8 Å². The number of likely N-dealkylation sites (tertiary alicyclic amines) is 1. The van der Waals surface area contributed by atoms with Crippen molar-refractivity contribution < 1.29 is 14.7 Å². The van der Waals surface area contributed by atoms with Crippen molar-refractivity contribution in [3.63, 3.8) is 0 Å². The summed E-state index contributed by atoms with van der Waals surface area (Å²) in [5, 5.41) is 13.1. The lowest BCUT2D eigenvalue weighted by molar-refractivity contribution is -0.140. The zero-order valence-corrected chi connectivity index (χ0v) is 20.2. The molecule has 2 N–H and O–H groups in total. The number of piperidine rings is 1. The summed E-state index contributed by atoms with van der Waals surface area (Å²) in [7, 11) is 0. The zero-order valence-electron chi connectivity index (χ0n) is 20.2. The Kier molecular flexibility index (Phi) is 8.19. The van der Waals surface area contributed by atoms with Crippen LogP contribution in [0.15, 0.2) is 84.9 Å². The van der Waals surface area contributed by atoms with Gasteiger partial charge in [-0.2, -0.15) is 0 Å². The molecule has 0 aliphatic carbocycles. The minimum absolute atomic E-state index is 0.0353. The normalized spacial score (nSPS) is 14.9. The number of hydrogen-bond donors (Lipinski definition) is 2. The Morgan fingerprint density at radius 1 is 0.800 bits per heavy atom. The summed E-state index contributed by atoms with van der Waals surface area (Å²) in [5.74, 6) is 0.443. The van der Waals surface area contributed by atoms with Crippen molar-refractivity contribution in [2.24, 2.45) is 5.41 Å². The molecule has 1 aliphatic rings. The number of rotatable bonds is 9. The lowest BCUT2D eigenvalue weighted by Gasteiger charge is -2.41. The van der Waals surface area contributed by atoms with Crippen LogP contribution < -0.4 is 5.32 Å². The summed E-state index contributed by atoms with van der Waals surface area (Å²) in [6.45, 7) is 1.65. The predicted molar refractivity (Wildman–Crippen MR) is 138 cm³/mol. The molecule has 1 fully saturated rings. The van der Waals surface area contributed by atoms with Crippen LogP contribution in [-0.2, 0) is 28.9 Å². The summed E-state index contributed by atoms with van der Waals surface area (Å²) in [4.78, 5) is 28.3. The van der Waals surface area contributed by atoms with Crippen molar-refractivity contribution in [1.29, 1.82) is 0 Å². The third-order valence-corrected chi connectivity index (χ3v) is 7.08. The number of hydrogen-bond acceptors (Lipinski definition) is 3. The van der Waals surface area contributed by atoms with Gasteiger partial charge in [0.05, 0.1) is 5.41 Å². The molecule has 0 saturated carbocycles. The Labute approximate surface area is 207 Å². The van der Waals surface area contributed by atoms with Gasteiger partial charge in [-0.25, -0.2) is 0 Å². The lowest BCUT2D eigenvalue weighted by atomic mass is 9.72. The van der Waals surface area contributed by atoms with Gasteiger partial charge >= 0.3 is 0 Å². The molecular formula is C30H34N2O3. The zero-order chi connectivity index (χ0) is 24.5. The van der Waals surface area contributed by atoms with Crippen molar-refractivity contribution in [2.45, 2.75) is 38.5 Å². The standard InChI is InChI=1S/C30H34N2O3/c33-27-14-8-7-13-26(27)17-20-31-29(35)30(23-25-11-5-2-6-12-25)18-21-32(22-19-30)28(34)16-15-24-9-3-1-4-10-24/h1-14,33H,15-23H2,(H,31,35). The minimum atomic E-state index is -0.545. The topological polar surface area (TPSA) is 69.6 Å². The van der Waals surface area contributed by atoms with Crippen molar-refractivity contribution in [1.82, 2.24) is 10.2 Å². The molecule has 0 bridgehead atoms. The summed E-state index contributed by atoms with van der Waals surface area (Å²) in [6.07, 6.45) is 3.73. The third-order valence-electron chi connectivity index (χ3n) is 7.08. The molecule has 0 spiro atoms. The van der Waals surface area contributed by atoms with Crippen LogP contribution in [0, 0.1) is 5.41 Å². The molecule has 0 atom stereocenters. The minimum Gasteiger partial charge on any atom is -0.508 e. The van der Waals surface area contributed by atoms with Crippen molar-refractivity contribution in [2.75, 3.05) is 19.6 Å². The number of nitrogens with one attached hydrogen (secondary N) is 1. The first kappa shape index (κ1) is 24.5. The monoisotopic (exact) mass is 470 g/mol. The maximum atomic E-state index is 13.5. The number of carbonyl (C=O) groups excluding carboxylic acids is 2. The maximum Gasteiger partial charge on any atom is 0.226 e. The van der Waals surface area contributed by atoms with Gasteiger partial charge in [0, 0.05) is 26.1 Å². The molecule has 3 aromatic rings. The van der Waals surface area contributed by atoms with E-state index in [4.69, 9.17) is 0 Å². The predicted octanol–water partition coefficient (Wildman–Crippen LogP) is 4.54. The number of phenols is 1. The molecule has 35 heavy (non-hydrogen) atoms. The van der Waals surface area contributed by atoms with E-state index in [1.165, 1.54) is 5.56 Å². The molecule has 0 aromatic heterocycles. The highest BCUT2D eigenvalue weighted by Crippen LogP contribution is 2.36. The second kappa shape index (κ2) is 11.7. The molecular weight excluding hydrogens is 436 g/mol. The first-order valence-electron chi connectivity index (χ1n) is 12.5. The molecule has 1 saturated heterocycles. The number of aryl methyl sites for hydroxylation is 1. The fourth-order valence-corrected chi connectivity index (χ4v) is 4.93. The van der Waals surface area contributed by atoms with Crippen LogP contribution in [0.5, 0.6) is 5.75 Å². The molecule has 1 heterocycles. The van der Waals surface area contributed by atoms with Gasteiger partial charge < -0.3 is 15.3 Å². The van der Waals surface area contributed by atoms with Gasteiger partial charge in [-0.05, 0) is 54.9 Å². The highest BCUT2D eigenvalue weighted by atomic mass is 16.3. The number of phenolic OH excluding ortho intramolecular Hbond substituents is 1. The molecule has 182 valence electrons. The van der Waals surface area contributed by atoms with Gasteiger partial charge in [-0.1, -0.05) is 78.9 Å². The van der Waals surface area contributed by atoms with Crippen LogP contribution in [0.3, 0.4) is 0 Å². The van der Waals surface area contributed by atoms with Crippen molar-refractivity contribution in [3.05, 3.63) is 102 Å². The number of carbonyl (C=O) groups is 2. The molecule has 3 aromatic carbocycles. The highest BCUT2D eigenvalue weighted by Gasteiger charge is 2.42. The number of aromatic hydroxyl groups is 1. The van der Waals surface area contributed by atoms with Crippen LogP contribution in [0.2, 0.25) is 0 Å². The second-order valence-electron chi connectivity index (χ2n) is 9.44. The summed E-state index contributed by atoms with van der Waals surface area (Å²) >= 11 is 0. The van der Waals surface area contributed by atoms with E-state index in [9.17, 15) is 14.7 Å². The van der Waals surface area contributed by atoms with Gasteiger partial charge in [0.2, 0.25) is 11.8 Å². The second-order valence-corrected chi connectivity index (χ2v) is 9.44. The largest absolute Gasteiger partial charge is 0.508 e. The van der Waals surface area contributed by atoms with Gasteiger partial charge in [0.1, 0.15) is 5.75 Å². The van der Waals surface area contributed by atoms with Crippen LogP contribution >= 0.6 is 0 Å². The van der Waals surface area contributed by atoms with E-state index in [1.807, 2.05) is 65.6 Å². The maximum absolute atomic E-state index is 13.5. The summed E-state index contributed by atoms with van der Waals surface area (Å²) < 4.78 is 0. The Morgan fingerprint density at radius 3 is 2.06 bits per heavy atom. The van der Waals surface area contributed by atoms with E-state index >= 15 is 0 Å². The molecule has 0 unspecified atom stereocenters. The third kappa shape index (κ3) is 6.50. The van der Waals surface area contributed by atoms with Gasteiger partial charge in [-0.3, -0.25) is 9.59 Å². The van der Waals surface area contributed by atoms with Gasteiger partial charge in [0.15, 0.2) is 0 Å². The van der Waals surface area contributed by atoms with E-state index in [0.717, 1.165) is 17.5 Å². The number of para-hydroxylation sites is 1. The fraction of sp³-hybridized carbons (Fsp3) is 0.333. The molecule has 5 heteroatoms. The molecule has 1 aliphatic heterocycles. The highest BCUT2D eigenvalue weighted by molar-refractivity contribution is 5.84. The Morgan fingerprint density at radius 2 is 1.40 bits per heavy atom. The van der Waals surface area contributed by atoms with Gasteiger partial charge in [0.25, 0.3) is 0 Å². The van der Waals surface area contributed by atoms with Crippen LogP contribution in [-0.4, -0.2) is 41.5 Å². The van der Waals surface area contributed by atoms with Crippen molar-refractivity contribution in [3.8, 4) is 5.75 Å². The Bertz CT molecular complexity index is 1110. The average molecular weight is 471 g/mol. The number of nitrogens with zero attached hydrogens (tertiary/aromatic N) is 1. The summed E-state index contributed by atoms with van der Waals surface area (Å²) in [5.41, 5.74) is 2.58. The SMILES string of the molecule is O=C(CCc1ccccc1)N1CCC(Cc2ccccc2)(C(=O)NCCc2ccccc2O)CC1. The number of amides is 2. The Balaban J connectivity index is 1.38. The molecule has 5 nitrogen and oxygen atoms in total. The van der Waals surface area contributed by atoms with Crippen LogP contribution in [0.1, 0.15) is 36.0 Å². The smallest absolute Gasteiger partial charge is 0.226 e. The van der Waals surface area contributed by atoms with Crippen LogP contribution in [0.4, 0.5) is 0 Å². The van der Waals surface area contributed by atoms with Crippen LogP contribution in [0.25, 0.3) is 0 Å². The molecule has 0 radical (unpaired) electrons. The average Bonchev–Trinajstić information content (AvgIpc) is 2.90. The fourth-order valence-electron chi connectivity index (χ4n) is 4.93. The van der Waals surface area contributed by atoms with E-state index in [0.29, 0.717) is 51.7 Å². The van der Waals surface area contributed by atoms with Gasteiger partial charge in [-0.15, -0.1) is 0 Å². The lowest BCUT2D eigenvalue weighted by Crippen LogP contribution is -2.51. The molecule has 4 rings (SSSR count). The van der Waals surface area contributed by atoms with E-state index < -0.39 is 5.41 Å². The quantitative estimate of drug-likeness (QED) is 0.483. The number of benzene rings is 3. The first-order valence-corrected chi connectivity index (χ1v) is 12.5.